The standard InChI is InChI=1S/C24H23FN4O3/c1-14-3-4-17(11-15(14)2)20-12-29-13-21(26-22(29)24(32)28-20)23(31)27-19(9-10-30)16-5-7-18(25)8-6-16/h3-8,11-13,19,30H,9-10H2,1-2H3,(H,27,31)(H,28,32)/t19-/m0/s1. The van der Waals surface area contributed by atoms with Crippen LogP contribution in [0.2, 0.25) is 0 Å². The number of carbonyl (C=O) groups excluding carboxylic acids is 1. The van der Waals surface area contributed by atoms with Crippen molar-refractivity contribution in [1.29, 1.82) is 0 Å². The average Bonchev–Trinajstić information content (AvgIpc) is 3.21. The van der Waals surface area contributed by atoms with Gasteiger partial charge in [-0.3, -0.25) is 14.0 Å². The number of halogens is 1. The summed E-state index contributed by atoms with van der Waals surface area (Å²) in [6.07, 6.45) is 3.46. The predicted octanol–water partition coefficient (Wildman–Crippen LogP) is 3.30. The second kappa shape index (κ2) is 8.76. The highest BCUT2D eigenvalue weighted by molar-refractivity contribution is 5.93. The molecule has 1 atom stereocenters. The first kappa shape index (κ1) is 21.5. The van der Waals surface area contributed by atoms with Crippen LogP contribution in [0, 0.1) is 19.7 Å². The van der Waals surface area contributed by atoms with Crippen molar-refractivity contribution in [3.63, 3.8) is 0 Å². The van der Waals surface area contributed by atoms with Gasteiger partial charge in [-0.2, -0.15) is 0 Å². The summed E-state index contributed by atoms with van der Waals surface area (Å²) in [5, 5.41) is 12.2. The van der Waals surface area contributed by atoms with E-state index in [-0.39, 0.29) is 30.2 Å². The molecule has 3 N–H and O–H groups in total. The first-order valence-corrected chi connectivity index (χ1v) is 10.2. The van der Waals surface area contributed by atoms with Crippen LogP contribution in [-0.2, 0) is 0 Å². The molecular weight excluding hydrogens is 411 g/mol. The molecule has 8 heteroatoms. The summed E-state index contributed by atoms with van der Waals surface area (Å²) in [5.74, 6) is -0.884. The summed E-state index contributed by atoms with van der Waals surface area (Å²) >= 11 is 0. The minimum atomic E-state index is -0.526. The number of fused-ring (bicyclic) bond motifs is 1. The van der Waals surface area contributed by atoms with E-state index in [0.717, 1.165) is 16.7 Å². The van der Waals surface area contributed by atoms with Gasteiger partial charge in [0.15, 0.2) is 0 Å². The summed E-state index contributed by atoms with van der Waals surface area (Å²) in [6, 6.07) is 11.1. The van der Waals surface area contributed by atoms with Crippen molar-refractivity contribution in [2.24, 2.45) is 0 Å². The number of aromatic nitrogens is 3. The van der Waals surface area contributed by atoms with Gasteiger partial charge < -0.3 is 15.4 Å². The van der Waals surface area contributed by atoms with Gasteiger partial charge in [0.25, 0.3) is 11.5 Å². The number of imidazole rings is 1. The highest BCUT2D eigenvalue weighted by Crippen LogP contribution is 2.21. The molecule has 4 rings (SSSR count). The minimum Gasteiger partial charge on any atom is -0.396 e. The van der Waals surface area contributed by atoms with Gasteiger partial charge in [-0.05, 0) is 60.7 Å². The number of aliphatic hydroxyl groups excluding tert-OH is 1. The van der Waals surface area contributed by atoms with Gasteiger partial charge in [-0.15, -0.1) is 0 Å². The summed E-state index contributed by atoms with van der Waals surface area (Å²) in [5.41, 5.74) is 4.13. The first-order chi connectivity index (χ1) is 15.4. The molecule has 4 aromatic rings. The molecule has 0 aliphatic heterocycles. The number of hydrogen-bond acceptors (Lipinski definition) is 4. The van der Waals surface area contributed by atoms with Gasteiger partial charge in [-0.25, -0.2) is 9.37 Å². The Labute approximate surface area is 183 Å². The molecule has 2 aromatic carbocycles. The normalized spacial score (nSPS) is 12.1. The largest absolute Gasteiger partial charge is 0.396 e. The lowest BCUT2D eigenvalue weighted by atomic mass is 10.0. The van der Waals surface area contributed by atoms with Crippen LogP contribution in [0.5, 0.6) is 0 Å². The molecule has 2 heterocycles. The Hall–Kier alpha value is -3.78. The van der Waals surface area contributed by atoms with Crippen LogP contribution in [0.1, 0.15) is 39.6 Å². The third-order valence-electron chi connectivity index (χ3n) is 5.50. The van der Waals surface area contributed by atoms with E-state index in [0.29, 0.717) is 11.3 Å². The van der Waals surface area contributed by atoms with E-state index in [1.165, 1.54) is 22.7 Å². The van der Waals surface area contributed by atoms with E-state index in [1.54, 1.807) is 18.3 Å². The first-order valence-electron chi connectivity index (χ1n) is 10.2. The topological polar surface area (TPSA) is 99.5 Å². The van der Waals surface area contributed by atoms with Crippen molar-refractivity contribution < 1.29 is 14.3 Å². The Bertz CT molecular complexity index is 1340. The Morgan fingerprint density at radius 3 is 2.59 bits per heavy atom. The fourth-order valence-electron chi connectivity index (χ4n) is 3.55. The van der Waals surface area contributed by atoms with Gasteiger partial charge >= 0.3 is 0 Å². The number of aromatic amines is 1. The molecule has 1 amide bonds. The van der Waals surface area contributed by atoms with E-state index in [2.05, 4.69) is 15.3 Å². The summed E-state index contributed by atoms with van der Waals surface area (Å²) < 4.78 is 14.8. The zero-order valence-electron chi connectivity index (χ0n) is 17.7. The summed E-state index contributed by atoms with van der Waals surface area (Å²) in [4.78, 5) is 32.4. The minimum absolute atomic E-state index is 0.0674. The van der Waals surface area contributed by atoms with Gasteiger partial charge in [0.1, 0.15) is 11.5 Å². The predicted molar refractivity (Wildman–Crippen MR) is 119 cm³/mol. The van der Waals surface area contributed by atoms with Crippen molar-refractivity contribution >= 4 is 11.6 Å². The fraction of sp³-hybridized carbons (Fsp3) is 0.208. The number of rotatable bonds is 6. The number of amides is 1. The maximum atomic E-state index is 13.2. The van der Waals surface area contributed by atoms with Crippen molar-refractivity contribution in [2.75, 3.05) is 6.61 Å². The number of carbonyl (C=O) groups is 1. The van der Waals surface area contributed by atoms with E-state index in [4.69, 9.17) is 0 Å². The van der Waals surface area contributed by atoms with Gasteiger partial charge in [-0.1, -0.05) is 24.3 Å². The number of H-pyrrole nitrogens is 1. The van der Waals surface area contributed by atoms with Crippen molar-refractivity contribution in [3.8, 4) is 11.3 Å². The van der Waals surface area contributed by atoms with Crippen LogP contribution < -0.4 is 10.9 Å². The number of benzene rings is 2. The Balaban J connectivity index is 1.64. The lowest BCUT2D eigenvalue weighted by Crippen LogP contribution is -2.29. The third-order valence-corrected chi connectivity index (χ3v) is 5.50. The maximum absolute atomic E-state index is 13.2. The molecule has 164 valence electrons. The lowest BCUT2D eigenvalue weighted by Gasteiger charge is -2.17. The van der Waals surface area contributed by atoms with Crippen LogP contribution in [0.15, 0.2) is 59.7 Å². The second-order valence-electron chi connectivity index (χ2n) is 7.74. The monoisotopic (exact) mass is 434 g/mol. The molecule has 0 fully saturated rings. The van der Waals surface area contributed by atoms with Crippen molar-refractivity contribution in [2.45, 2.75) is 26.3 Å². The average molecular weight is 434 g/mol. The molecule has 0 saturated carbocycles. The molecule has 32 heavy (non-hydrogen) atoms. The maximum Gasteiger partial charge on any atom is 0.292 e. The van der Waals surface area contributed by atoms with Gasteiger partial charge in [0.05, 0.1) is 11.7 Å². The SMILES string of the molecule is Cc1ccc(-c2cn3cc(C(=O)N[C@@H](CCO)c4ccc(F)cc4)nc3c(=O)[nH]2)cc1C. The molecule has 0 spiro atoms. The van der Waals surface area contributed by atoms with Crippen LogP contribution in [-0.4, -0.2) is 32.0 Å². The number of aryl methyl sites for hydroxylation is 2. The van der Waals surface area contributed by atoms with E-state index < -0.39 is 17.5 Å². The Kier molecular flexibility index (Phi) is 5.87. The molecular formula is C24H23FN4O3. The van der Waals surface area contributed by atoms with Gasteiger partial charge in [0, 0.05) is 19.0 Å². The molecule has 0 radical (unpaired) electrons. The molecule has 0 saturated heterocycles. The molecule has 7 nitrogen and oxygen atoms in total. The molecule has 2 aromatic heterocycles. The van der Waals surface area contributed by atoms with Crippen LogP contribution >= 0.6 is 0 Å². The van der Waals surface area contributed by atoms with Crippen LogP contribution in [0.3, 0.4) is 0 Å². The zero-order chi connectivity index (χ0) is 22.8. The van der Waals surface area contributed by atoms with Gasteiger partial charge in [0.2, 0.25) is 5.65 Å². The van der Waals surface area contributed by atoms with Crippen LogP contribution in [0.4, 0.5) is 4.39 Å². The summed E-state index contributed by atoms with van der Waals surface area (Å²) in [6.45, 7) is 3.85. The highest BCUT2D eigenvalue weighted by atomic mass is 19.1. The zero-order valence-corrected chi connectivity index (χ0v) is 17.7. The van der Waals surface area contributed by atoms with E-state index in [9.17, 15) is 19.1 Å². The molecule has 0 aliphatic carbocycles. The fourth-order valence-corrected chi connectivity index (χ4v) is 3.55. The Morgan fingerprint density at radius 2 is 1.91 bits per heavy atom. The van der Waals surface area contributed by atoms with Crippen LogP contribution in [0.25, 0.3) is 16.9 Å². The van der Waals surface area contributed by atoms with Crippen molar-refractivity contribution in [3.05, 3.63) is 93.4 Å². The molecule has 0 aliphatic rings. The number of aliphatic hydroxyl groups is 1. The Morgan fingerprint density at radius 1 is 1.16 bits per heavy atom. The molecule has 0 bridgehead atoms. The summed E-state index contributed by atoms with van der Waals surface area (Å²) in [7, 11) is 0. The third kappa shape index (κ3) is 4.31. The molecule has 0 unspecified atom stereocenters. The second-order valence-corrected chi connectivity index (χ2v) is 7.74. The van der Waals surface area contributed by atoms with E-state index in [1.807, 2.05) is 32.0 Å². The van der Waals surface area contributed by atoms with E-state index >= 15 is 0 Å². The lowest BCUT2D eigenvalue weighted by molar-refractivity contribution is 0.0925. The smallest absolute Gasteiger partial charge is 0.292 e. The number of hydrogen-bond donors (Lipinski definition) is 3. The number of nitrogens with one attached hydrogen (secondary N) is 2. The van der Waals surface area contributed by atoms with Crippen molar-refractivity contribution in [1.82, 2.24) is 19.7 Å². The highest BCUT2D eigenvalue weighted by Gasteiger charge is 2.19. The number of nitrogens with zero attached hydrogens (tertiary/aromatic N) is 2. The quantitative estimate of drug-likeness (QED) is 0.434.